The number of aromatic amines is 1. The highest BCUT2D eigenvalue weighted by molar-refractivity contribution is 7.92. The van der Waals surface area contributed by atoms with E-state index >= 15 is 0 Å². The van der Waals surface area contributed by atoms with Crippen molar-refractivity contribution in [3.05, 3.63) is 35.7 Å². The number of hydrogen-bond donors (Lipinski definition) is 3. The van der Waals surface area contributed by atoms with E-state index in [0.29, 0.717) is 29.4 Å². The number of ether oxygens (including phenoxy) is 1. The van der Waals surface area contributed by atoms with Gasteiger partial charge in [-0.05, 0) is 26.1 Å². The van der Waals surface area contributed by atoms with Gasteiger partial charge in [0, 0.05) is 12.6 Å². The molecule has 0 radical (unpaired) electrons. The molecule has 3 N–H and O–H groups in total. The van der Waals surface area contributed by atoms with Crippen LogP contribution < -0.4 is 14.8 Å². The number of nitrogens with one attached hydrogen (secondary N) is 3. The molecule has 0 bridgehead atoms. The van der Waals surface area contributed by atoms with E-state index in [-0.39, 0.29) is 4.90 Å². The number of rotatable bonds is 6. The smallest absolute Gasteiger partial charge is 0.265 e. The number of hydrogen-bond acceptors (Lipinski definition) is 5. The molecule has 1 heterocycles. The van der Waals surface area contributed by atoms with Gasteiger partial charge in [0.2, 0.25) is 0 Å². The van der Waals surface area contributed by atoms with Crippen molar-refractivity contribution in [2.45, 2.75) is 18.4 Å². The SMILES string of the molecule is CNCc1n[nH]c(C)c1S(=O)(=O)Nc1cccc(OC)c1. The molecule has 2 rings (SSSR count). The molecule has 0 saturated carbocycles. The van der Waals surface area contributed by atoms with E-state index in [2.05, 4.69) is 20.2 Å². The molecule has 114 valence electrons. The van der Waals surface area contributed by atoms with Gasteiger partial charge in [-0.1, -0.05) is 6.07 Å². The van der Waals surface area contributed by atoms with Gasteiger partial charge in [-0.2, -0.15) is 5.10 Å². The van der Waals surface area contributed by atoms with Gasteiger partial charge >= 0.3 is 0 Å². The fourth-order valence-electron chi connectivity index (χ4n) is 2.01. The molecule has 0 spiro atoms. The van der Waals surface area contributed by atoms with Crippen molar-refractivity contribution in [1.29, 1.82) is 0 Å². The molecule has 0 amide bonds. The molecular weight excluding hydrogens is 292 g/mol. The normalized spacial score (nSPS) is 11.4. The average Bonchev–Trinajstić information content (AvgIpc) is 2.81. The molecule has 0 atom stereocenters. The van der Waals surface area contributed by atoms with Gasteiger partial charge in [0.1, 0.15) is 10.6 Å². The summed E-state index contributed by atoms with van der Waals surface area (Å²) in [6.07, 6.45) is 0. The first kappa shape index (κ1) is 15.3. The number of aryl methyl sites for hydroxylation is 1. The van der Waals surface area contributed by atoms with E-state index in [9.17, 15) is 8.42 Å². The summed E-state index contributed by atoms with van der Waals surface area (Å²) >= 11 is 0. The summed E-state index contributed by atoms with van der Waals surface area (Å²) < 4.78 is 32.7. The van der Waals surface area contributed by atoms with E-state index in [1.54, 1.807) is 38.2 Å². The van der Waals surface area contributed by atoms with Gasteiger partial charge in [0.15, 0.2) is 0 Å². The van der Waals surface area contributed by atoms with Gasteiger partial charge in [-0.15, -0.1) is 0 Å². The lowest BCUT2D eigenvalue weighted by Crippen LogP contribution is -2.17. The van der Waals surface area contributed by atoms with Crippen molar-refractivity contribution in [3.63, 3.8) is 0 Å². The minimum atomic E-state index is -3.72. The fraction of sp³-hybridized carbons (Fsp3) is 0.308. The molecule has 1 aromatic carbocycles. The van der Waals surface area contributed by atoms with Crippen LogP contribution in [0.4, 0.5) is 5.69 Å². The monoisotopic (exact) mass is 310 g/mol. The van der Waals surface area contributed by atoms with Crippen LogP contribution in [0.3, 0.4) is 0 Å². The first-order valence-corrected chi connectivity index (χ1v) is 7.81. The Labute approximate surface area is 123 Å². The Morgan fingerprint density at radius 2 is 2.14 bits per heavy atom. The molecule has 1 aromatic heterocycles. The van der Waals surface area contributed by atoms with Crippen molar-refractivity contribution in [1.82, 2.24) is 15.5 Å². The van der Waals surface area contributed by atoms with Crippen LogP contribution in [0.25, 0.3) is 0 Å². The largest absolute Gasteiger partial charge is 0.497 e. The number of anilines is 1. The molecule has 8 heteroatoms. The highest BCUT2D eigenvalue weighted by atomic mass is 32.2. The first-order chi connectivity index (χ1) is 9.97. The van der Waals surface area contributed by atoms with E-state index in [0.717, 1.165) is 0 Å². The van der Waals surface area contributed by atoms with Gasteiger partial charge in [-0.25, -0.2) is 8.42 Å². The lowest BCUT2D eigenvalue weighted by molar-refractivity contribution is 0.415. The second-order valence-electron chi connectivity index (χ2n) is 4.49. The number of methoxy groups -OCH3 is 1. The minimum Gasteiger partial charge on any atom is -0.497 e. The Hall–Kier alpha value is -2.06. The number of aromatic nitrogens is 2. The van der Waals surface area contributed by atoms with Crippen LogP contribution in [0.5, 0.6) is 5.75 Å². The van der Waals surface area contributed by atoms with Crippen LogP contribution in [0, 0.1) is 6.92 Å². The van der Waals surface area contributed by atoms with E-state index in [4.69, 9.17) is 4.74 Å². The summed E-state index contributed by atoms with van der Waals surface area (Å²) in [5.41, 5.74) is 1.38. The van der Waals surface area contributed by atoms with Crippen LogP contribution in [-0.4, -0.2) is 32.8 Å². The van der Waals surface area contributed by atoms with Crippen LogP contribution in [0.15, 0.2) is 29.2 Å². The molecule has 0 fully saturated rings. The molecule has 7 nitrogen and oxygen atoms in total. The van der Waals surface area contributed by atoms with Crippen LogP contribution >= 0.6 is 0 Å². The zero-order valence-electron chi connectivity index (χ0n) is 12.1. The second-order valence-corrected chi connectivity index (χ2v) is 6.11. The van der Waals surface area contributed by atoms with E-state index in [1.165, 1.54) is 7.11 Å². The highest BCUT2D eigenvalue weighted by Gasteiger charge is 2.24. The standard InChI is InChI=1S/C13H18N4O3S/c1-9-13(12(8-14-2)16-15-9)21(18,19)17-10-5-4-6-11(7-10)20-3/h4-7,14,17H,8H2,1-3H3,(H,15,16). The van der Waals surface area contributed by atoms with Crippen molar-refractivity contribution in [3.8, 4) is 5.75 Å². The maximum absolute atomic E-state index is 12.5. The van der Waals surface area contributed by atoms with E-state index in [1.807, 2.05) is 0 Å². The lowest BCUT2D eigenvalue weighted by atomic mass is 10.3. The Balaban J connectivity index is 2.36. The number of sulfonamides is 1. The zero-order chi connectivity index (χ0) is 15.5. The summed E-state index contributed by atoms with van der Waals surface area (Å²) in [6.45, 7) is 2.03. The predicted molar refractivity (Wildman–Crippen MR) is 79.9 cm³/mol. The van der Waals surface area contributed by atoms with Crippen LogP contribution in [0.2, 0.25) is 0 Å². The Morgan fingerprint density at radius 1 is 1.38 bits per heavy atom. The van der Waals surface area contributed by atoms with Crippen molar-refractivity contribution < 1.29 is 13.2 Å². The number of H-pyrrole nitrogens is 1. The first-order valence-electron chi connectivity index (χ1n) is 6.33. The van der Waals surface area contributed by atoms with Crippen molar-refractivity contribution >= 4 is 15.7 Å². The topological polar surface area (TPSA) is 96.1 Å². The quantitative estimate of drug-likeness (QED) is 0.746. The molecule has 21 heavy (non-hydrogen) atoms. The molecule has 0 aliphatic carbocycles. The third-order valence-corrected chi connectivity index (χ3v) is 4.48. The molecule has 0 aliphatic heterocycles. The third kappa shape index (κ3) is 3.34. The summed E-state index contributed by atoms with van der Waals surface area (Å²) in [4.78, 5) is 0.166. The van der Waals surface area contributed by atoms with Gasteiger partial charge in [-0.3, -0.25) is 9.82 Å². The second kappa shape index (κ2) is 6.15. The predicted octanol–water partition coefficient (Wildman–Crippen LogP) is 1.25. The van der Waals surface area contributed by atoms with Crippen LogP contribution in [0.1, 0.15) is 11.4 Å². The summed E-state index contributed by atoms with van der Waals surface area (Å²) in [5, 5.41) is 9.62. The maximum Gasteiger partial charge on any atom is 0.265 e. The lowest BCUT2D eigenvalue weighted by Gasteiger charge is -2.10. The zero-order valence-corrected chi connectivity index (χ0v) is 12.9. The molecule has 0 saturated heterocycles. The Bertz CT molecular complexity index is 725. The third-order valence-electron chi connectivity index (χ3n) is 2.90. The average molecular weight is 310 g/mol. The van der Waals surface area contributed by atoms with Crippen molar-refractivity contribution in [2.24, 2.45) is 0 Å². The Kier molecular flexibility index (Phi) is 4.49. The molecule has 0 unspecified atom stereocenters. The highest BCUT2D eigenvalue weighted by Crippen LogP contribution is 2.23. The Morgan fingerprint density at radius 3 is 2.81 bits per heavy atom. The maximum atomic E-state index is 12.5. The summed E-state index contributed by atoms with van der Waals surface area (Å²) in [6, 6.07) is 6.73. The van der Waals surface area contributed by atoms with Crippen molar-refractivity contribution in [2.75, 3.05) is 18.9 Å². The summed E-state index contributed by atoms with van der Waals surface area (Å²) in [5.74, 6) is 0.578. The number of nitrogens with zero attached hydrogens (tertiary/aromatic N) is 1. The molecule has 0 aliphatic rings. The van der Waals surface area contributed by atoms with Gasteiger partial charge < -0.3 is 10.1 Å². The minimum absolute atomic E-state index is 0.166. The van der Waals surface area contributed by atoms with E-state index < -0.39 is 10.0 Å². The number of benzene rings is 1. The fourth-order valence-corrected chi connectivity index (χ4v) is 3.42. The van der Waals surface area contributed by atoms with Gasteiger partial charge in [0.05, 0.1) is 24.2 Å². The van der Waals surface area contributed by atoms with Crippen LogP contribution in [-0.2, 0) is 16.6 Å². The summed E-state index contributed by atoms with van der Waals surface area (Å²) in [7, 11) is -0.459. The van der Waals surface area contributed by atoms with Gasteiger partial charge in [0.25, 0.3) is 10.0 Å². The molecule has 2 aromatic rings. The molecular formula is C13H18N4O3S.